The van der Waals surface area contributed by atoms with E-state index in [9.17, 15) is 22.0 Å². The molecule has 8 nitrogen and oxygen atoms in total. The molecule has 2 heterocycles. The second-order valence-corrected chi connectivity index (χ2v) is 12.9. The number of anilines is 3. The van der Waals surface area contributed by atoms with Crippen molar-refractivity contribution >= 4 is 38.7 Å². The molecule has 1 saturated carbocycles. The maximum Gasteiger partial charge on any atom is 0.258 e. The smallest absolute Gasteiger partial charge is 0.258 e. The van der Waals surface area contributed by atoms with Gasteiger partial charge in [-0.15, -0.1) is 0 Å². The number of aryl methyl sites for hydroxylation is 1. The summed E-state index contributed by atoms with van der Waals surface area (Å²) in [6, 6.07) is 8.34. The van der Waals surface area contributed by atoms with Crippen LogP contribution < -0.4 is 14.9 Å². The quantitative estimate of drug-likeness (QED) is 0.421. The highest BCUT2D eigenvalue weighted by Gasteiger charge is 2.44. The topological polar surface area (TPSA) is 112 Å². The second kappa shape index (κ2) is 10.5. The summed E-state index contributed by atoms with van der Waals surface area (Å²) < 4.78 is 54.3. The molecule has 2 aliphatic carbocycles. The monoisotopic (exact) mass is 560 g/mol. The van der Waals surface area contributed by atoms with Crippen molar-refractivity contribution in [2.75, 3.05) is 40.4 Å². The van der Waals surface area contributed by atoms with Crippen LogP contribution in [0.1, 0.15) is 66.6 Å². The molecule has 39 heavy (non-hydrogen) atoms. The number of sulfonamides is 1. The van der Waals surface area contributed by atoms with Crippen LogP contribution in [0.5, 0.6) is 0 Å². The van der Waals surface area contributed by atoms with Gasteiger partial charge in [-0.05, 0) is 85.9 Å². The molecule has 3 aliphatic rings. The number of aromatic nitrogens is 1. The first-order chi connectivity index (χ1) is 18.5. The molecule has 1 spiro atoms. The minimum absolute atomic E-state index is 0.213. The van der Waals surface area contributed by atoms with Crippen molar-refractivity contribution < 1.29 is 27.1 Å². The number of hydrogen-bond acceptors (Lipinski definition) is 6. The molecule has 0 unspecified atom stereocenters. The Kier molecular flexibility index (Phi) is 7.41. The van der Waals surface area contributed by atoms with Crippen LogP contribution in [-0.2, 0) is 10.0 Å². The summed E-state index contributed by atoms with van der Waals surface area (Å²) in [5.74, 6) is -3.20. The molecule has 2 fully saturated rings. The lowest BCUT2D eigenvalue weighted by molar-refractivity contribution is -0.00606. The van der Waals surface area contributed by atoms with Gasteiger partial charge in [0.25, 0.3) is 11.8 Å². The normalized spacial score (nSPS) is 19.9. The lowest BCUT2D eigenvalue weighted by atomic mass is 9.93. The zero-order valence-corrected chi connectivity index (χ0v) is 22.8. The fraction of sp³-hybridized carbons (Fsp3) is 0.500. The third-order valence-electron chi connectivity index (χ3n) is 7.95. The average Bonchev–Trinajstić information content (AvgIpc) is 3.62. The van der Waals surface area contributed by atoms with E-state index in [2.05, 4.69) is 19.9 Å². The minimum Gasteiger partial charge on any atom is -0.395 e. The highest BCUT2D eigenvalue weighted by atomic mass is 32.2. The van der Waals surface area contributed by atoms with Crippen LogP contribution in [0.3, 0.4) is 0 Å². The van der Waals surface area contributed by atoms with Gasteiger partial charge in [0.05, 0.1) is 35.0 Å². The first kappa shape index (κ1) is 27.5. The van der Waals surface area contributed by atoms with Gasteiger partial charge in [-0.1, -0.05) is 6.08 Å². The third kappa shape index (κ3) is 6.58. The SMILES string of the molecule is Cc1cc(NC(=O)c2ccc(NS(=O)(=O)CCO)cc2N2CCC3(CC2)CC3)nc(C2=CCC(F)(F)CC2)c1. The van der Waals surface area contributed by atoms with Crippen LogP contribution in [0.4, 0.5) is 26.0 Å². The summed E-state index contributed by atoms with van der Waals surface area (Å²) in [5.41, 5.74) is 3.89. The molecule has 2 aromatic rings. The summed E-state index contributed by atoms with van der Waals surface area (Å²) >= 11 is 0. The predicted octanol–water partition coefficient (Wildman–Crippen LogP) is 4.96. The Labute approximate surface area is 227 Å². The number of carbonyl (C=O) groups is 1. The van der Waals surface area contributed by atoms with Gasteiger partial charge in [0.2, 0.25) is 10.0 Å². The van der Waals surface area contributed by atoms with Crippen molar-refractivity contribution in [2.24, 2.45) is 5.41 Å². The molecule has 1 amide bonds. The van der Waals surface area contributed by atoms with Crippen molar-refractivity contribution in [3.63, 3.8) is 0 Å². The number of pyridine rings is 1. The van der Waals surface area contributed by atoms with E-state index in [-0.39, 0.29) is 19.3 Å². The number of amides is 1. The van der Waals surface area contributed by atoms with Crippen LogP contribution in [0.25, 0.3) is 5.57 Å². The molecule has 1 saturated heterocycles. The molecule has 0 radical (unpaired) electrons. The zero-order chi connectivity index (χ0) is 27.8. The van der Waals surface area contributed by atoms with Gasteiger partial charge in [0.15, 0.2) is 0 Å². The molecule has 1 aromatic carbocycles. The Morgan fingerprint density at radius 3 is 2.49 bits per heavy atom. The van der Waals surface area contributed by atoms with Gasteiger partial charge in [-0.2, -0.15) is 0 Å². The Bertz CT molecular complexity index is 1400. The van der Waals surface area contributed by atoms with Crippen molar-refractivity contribution in [1.29, 1.82) is 0 Å². The molecule has 1 aliphatic heterocycles. The standard InChI is InChI=1S/C28H34F2N4O4S/c1-19-16-23(20-4-6-28(29,30)7-5-20)31-25(17-19)32-26(36)22-3-2-21(33-39(37,38)15-14-35)18-24(22)34-12-10-27(8-9-27)11-13-34/h2-4,16-18,33,35H,5-15H2,1H3,(H,31,32,36). The number of allylic oxidation sites excluding steroid dienone is 2. The van der Waals surface area contributed by atoms with Gasteiger partial charge >= 0.3 is 0 Å². The number of nitrogens with zero attached hydrogens (tertiary/aromatic N) is 2. The molecule has 5 rings (SSSR count). The van der Waals surface area contributed by atoms with Crippen LogP contribution in [0, 0.1) is 12.3 Å². The van der Waals surface area contributed by atoms with Gasteiger partial charge < -0.3 is 15.3 Å². The predicted molar refractivity (Wildman–Crippen MR) is 148 cm³/mol. The van der Waals surface area contributed by atoms with Crippen molar-refractivity contribution in [3.8, 4) is 0 Å². The van der Waals surface area contributed by atoms with E-state index in [0.29, 0.717) is 33.9 Å². The third-order valence-corrected chi connectivity index (χ3v) is 9.21. The highest BCUT2D eigenvalue weighted by Crippen LogP contribution is 2.54. The van der Waals surface area contributed by atoms with E-state index in [1.165, 1.54) is 25.0 Å². The number of rotatable bonds is 8. The number of aliphatic hydroxyl groups excluding tert-OH is 1. The number of halogens is 2. The molecule has 3 N–H and O–H groups in total. The Morgan fingerprint density at radius 2 is 1.85 bits per heavy atom. The number of benzene rings is 1. The van der Waals surface area contributed by atoms with Crippen LogP contribution in [0.2, 0.25) is 0 Å². The van der Waals surface area contributed by atoms with E-state index >= 15 is 0 Å². The lowest BCUT2D eigenvalue weighted by Crippen LogP contribution is -2.35. The molecule has 1 aromatic heterocycles. The number of nitrogens with one attached hydrogen (secondary N) is 2. The first-order valence-electron chi connectivity index (χ1n) is 13.3. The Balaban J connectivity index is 1.41. The summed E-state index contributed by atoms with van der Waals surface area (Å²) in [7, 11) is -3.73. The van der Waals surface area contributed by atoms with E-state index in [1.54, 1.807) is 18.2 Å². The highest BCUT2D eigenvalue weighted by molar-refractivity contribution is 7.92. The fourth-order valence-electron chi connectivity index (χ4n) is 5.40. The number of hydrogen-bond donors (Lipinski definition) is 3. The summed E-state index contributed by atoms with van der Waals surface area (Å²) in [4.78, 5) is 20.2. The maximum absolute atomic E-state index is 13.6. The maximum atomic E-state index is 13.6. The van der Waals surface area contributed by atoms with Crippen LogP contribution in [0.15, 0.2) is 36.4 Å². The Morgan fingerprint density at radius 1 is 1.10 bits per heavy atom. The zero-order valence-electron chi connectivity index (χ0n) is 22.0. The number of piperidine rings is 1. The number of aliphatic hydroxyl groups is 1. The van der Waals surface area contributed by atoms with Gasteiger partial charge in [0.1, 0.15) is 5.82 Å². The first-order valence-corrected chi connectivity index (χ1v) is 15.0. The van der Waals surface area contributed by atoms with E-state index in [4.69, 9.17) is 5.11 Å². The molecular formula is C28H34F2N4O4S. The van der Waals surface area contributed by atoms with Gasteiger partial charge in [0, 0.05) is 25.9 Å². The van der Waals surface area contributed by atoms with E-state index in [1.807, 2.05) is 13.0 Å². The lowest BCUT2D eigenvalue weighted by Gasteiger charge is -2.35. The summed E-state index contributed by atoms with van der Waals surface area (Å²) in [5, 5.41) is 11.9. The van der Waals surface area contributed by atoms with Gasteiger partial charge in [-0.25, -0.2) is 22.2 Å². The molecule has 0 atom stereocenters. The average molecular weight is 561 g/mol. The summed E-state index contributed by atoms with van der Waals surface area (Å²) in [6.07, 6.45) is 5.67. The number of alkyl halides is 2. The van der Waals surface area contributed by atoms with Crippen molar-refractivity contribution in [2.45, 2.75) is 57.8 Å². The largest absolute Gasteiger partial charge is 0.395 e. The van der Waals surface area contributed by atoms with Crippen molar-refractivity contribution in [3.05, 3.63) is 53.2 Å². The second-order valence-electron chi connectivity index (χ2n) is 11.0. The fourth-order valence-corrected chi connectivity index (χ4v) is 6.23. The van der Waals surface area contributed by atoms with Crippen molar-refractivity contribution in [1.82, 2.24) is 4.98 Å². The Hall–Kier alpha value is -3.05. The molecular weight excluding hydrogens is 526 g/mol. The summed E-state index contributed by atoms with van der Waals surface area (Å²) in [6.45, 7) is 2.89. The molecule has 0 bridgehead atoms. The van der Waals surface area contributed by atoms with Gasteiger partial charge in [-0.3, -0.25) is 9.52 Å². The van der Waals surface area contributed by atoms with E-state index < -0.39 is 34.2 Å². The number of carbonyl (C=O) groups excluding carboxylic acids is 1. The van der Waals surface area contributed by atoms with E-state index in [0.717, 1.165) is 37.1 Å². The molecule has 210 valence electrons. The van der Waals surface area contributed by atoms with Crippen LogP contribution >= 0.6 is 0 Å². The minimum atomic E-state index is -3.73. The molecule has 11 heteroatoms. The van der Waals surface area contributed by atoms with Crippen LogP contribution in [-0.4, -0.2) is 55.8 Å².